The van der Waals surface area contributed by atoms with Gasteiger partial charge in [0.1, 0.15) is 11.5 Å². The maximum absolute atomic E-state index is 11.6. The van der Waals surface area contributed by atoms with Crippen LogP contribution in [-0.4, -0.2) is 12.4 Å². The molecule has 0 radical (unpaired) electrons. The van der Waals surface area contributed by atoms with Crippen molar-refractivity contribution in [2.45, 2.75) is 12.3 Å². The maximum Gasteiger partial charge on any atom is 0.229 e. The first-order valence-corrected chi connectivity index (χ1v) is 5.94. The smallest absolute Gasteiger partial charge is 0.229 e. The summed E-state index contributed by atoms with van der Waals surface area (Å²) >= 11 is 5.67. The van der Waals surface area contributed by atoms with Crippen LogP contribution in [-0.2, 0) is 11.2 Å². The molecule has 0 saturated heterocycles. The molecule has 4 heteroatoms. The van der Waals surface area contributed by atoms with Crippen LogP contribution in [0.3, 0.4) is 0 Å². The fourth-order valence-electron chi connectivity index (χ4n) is 1.82. The summed E-state index contributed by atoms with van der Waals surface area (Å²) in [5, 5.41) is -0.403. The lowest BCUT2D eigenvalue weighted by molar-refractivity contribution is -0.113. The molecule has 1 atom stereocenters. The summed E-state index contributed by atoms with van der Waals surface area (Å²) in [7, 11) is 1.59. The van der Waals surface area contributed by atoms with Gasteiger partial charge in [0.25, 0.3) is 0 Å². The summed E-state index contributed by atoms with van der Waals surface area (Å²) in [4.78, 5) is 11.6. The normalized spacial score (nSPS) is 12.1. The van der Waals surface area contributed by atoms with Crippen molar-refractivity contribution in [1.82, 2.24) is 0 Å². The van der Waals surface area contributed by atoms with Crippen molar-refractivity contribution in [2.24, 2.45) is 0 Å². The lowest BCUT2D eigenvalue weighted by Gasteiger charge is -2.12. The van der Waals surface area contributed by atoms with Crippen LogP contribution in [0, 0.1) is 0 Å². The van der Waals surface area contributed by atoms with Crippen molar-refractivity contribution in [2.75, 3.05) is 7.11 Å². The highest BCUT2D eigenvalue weighted by atomic mass is 35.5. The number of ether oxygens (including phenoxy) is 1. The number of carbonyl (C=O) groups is 1. The first-order chi connectivity index (χ1) is 8.70. The second-order valence-corrected chi connectivity index (χ2v) is 4.29. The van der Waals surface area contributed by atoms with Crippen LogP contribution < -0.4 is 4.74 Å². The van der Waals surface area contributed by atoms with Gasteiger partial charge in [0.2, 0.25) is 5.24 Å². The Morgan fingerprint density at radius 2 is 2.22 bits per heavy atom. The number of halogens is 1. The van der Waals surface area contributed by atoms with E-state index >= 15 is 0 Å². The molecule has 2 aromatic rings. The molecule has 1 aromatic carbocycles. The third kappa shape index (κ3) is 2.93. The fraction of sp³-hybridized carbons (Fsp3) is 0.214. The molecular weight excluding hydrogens is 252 g/mol. The number of hydrogen-bond acceptors (Lipinski definition) is 3. The Bertz CT molecular complexity index is 520. The lowest BCUT2D eigenvalue weighted by atomic mass is 9.95. The SMILES string of the molecule is COc1cccc(C(Cc2ccco2)C(=O)Cl)c1. The van der Waals surface area contributed by atoms with Crippen LogP contribution in [0.2, 0.25) is 0 Å². The molecule has 3 nitrogen and oxygen atoms in total. The van der Waals surface area contributed by atoms with Gasteiger partial charge in [-0.25, -0.2) is 0 Å². The second kappa shape index (κ2) is 5.74. The van der Waals surface area contributed by atoms with Crippen LogP contribution in [0.5, 0.6) is 5.75 Å². The number of carbonyl (C=O) groups excluding carboxylic acids is 1. The fourth-order valence-corrected chi connectivity index (χ4v) is 2.02. The van der Waals surface area contributed by atoms with E-state index in [4.69, 9.17) is 20.8 Å². The summed E-state index contributed by atoms with van der Waals surface area (Å²) in [6.45, 7) is 0. The topological polar surface area (TPSA) is 39.4 Å². The molecule has 0 aliphatic carbocycles. The van der Waals surface area contributed by atoms with E-state index in [1.165, 1.54) is 0 Å². The lowest BCUT2D eigenvalue weighted by Crippen LogP contribution is -2.10. The summed E-state index contributed by atoms with van der Waals surface area (Å²) in [5.74, 6) is 1.01. The van der Waals surface area contributed by atoms with Crippen LogP contribution in [0.15, 0.2) is 47.1 Å². The van der Waals surface area contributed by atoms with Gasteiger partial charge in [0.15, 0.2) is 0 Å². The maximum atomic E-state index is 11.6. The van der Waals surface area contributed by atoms with Crippen LogP contribution in [0.25, 0.3) is 0 Å². The Kier molecular flexibility index (Phi) is 4.05. The predicted octanol–water partition coefficient (Wildman–Crippen LogP) is 3.38. The Labute approximate surface area is 110 Å². The number of rotatable bonds is 5. The molecule has 0 aliphatic rings. The van der Waals surface area contributed by atoms with Gasteiger partial charge in [0.05, 0.1) is 19.3 Å². The first-order valence-electron chi connectivity index (χ1n) is 5.56. The molecule has 18 heavy (non-hydrogen) atoms. The molecule has 1 aromatic heterocycles. The molecule has 0 spiro atoms. The highest BCUT2D eigenvalue weighted by molar-refractivity contribution is 6.64. The zero-order valence-electron chi connectivity index (χ0n) is 9.93. The molecule has 1 unspecified atom stereocenters. The van der Waals surface area contributed by atoms with Crippen molar-refractivity contribution < 1.29 is 13.9 Å². The minimum atomic E-state index is -0.423. The minimum Gasteiger partial charge on any atom is -0.497 e. The average Bonchev–Trinajstić information content (AvgIpc) is 2.88. The summed E-state index contributed by atoms with van der Waals surface area (Å²) < 4.78 is 10.4. The van der Waals surface area contributed by atoms with Crippen molar-refractivity contribution in [3.8, 4) is 5.75 Å². The third-order valence-electron chi connectivity index (χ3n) is 2.76. The van der Waals surface area contributed by atoms with Gasteiger partial charge in [0, 0.05) is 6.42 Å². The van der Waals surface area contributed by atoms with Gasteiger partial charge in [-0.1, -0.05) is 12.1 Å². The number of methoxy groups -OCH3 is 1. The number of benzene rings is 1. The Hall–Kier alpha value is -1.74. The van der Waals surface area contributed by atoms with Gasteiger partial charge < -0.3 is 9.15 Å². The van der Waals surface area contributed by atoms with E-state index in [0.717, 1.165) is 11.3 Å². The van der Waals surface area contributed by atoms with Crippen molar-refractivity contribution >= 4 is 16.8 Å². The molecule has 0 amide bonds. The molecule has 0 fully saturated rings. The van der Waals surface area contributed by atoms with E-state index < -0.39 is 11.2 Å². The van der Waals surface area contributed by atoms with Gasteiger partial charge in [-0.3, -0.25) is 4.79 Å². The van der Waals surface area contributed by atoms with Gasteiger partial charge in [-0.05, 0) is 41.4 Å². The Balaban J connectivity index is 2.26. The minimum absolute atomic E-state index is 0.403. The second-order valence-electron chi connectivity index (χ2n) is 3.92. The van der Waals surface area contributed by atoms with Crippen molar-refractivity contribution in [3.63, 3.8) is 0 Å². The van der Waals surface area contributed by atoms with E-state index in [9.17, 15) is 4.79 Å². The molecule has 1 heterocycles. The van der Waals surface area contributed by atoms with Crippen molar-refractivity contribution in [1.29, 1.82) is 0 Å². The molecule has 0 bridgehead atoms. The summed E-state index contributed by atoms with van der Waals surface area (Å²) in [6.07, 6.45) is 2.03. The molecule has 94 valence electrons. The predicted molar refractivity (Wildman–Crippen MR) is 69.0 cm³/mol. The molecule has 0 N–H and O–H groups in total. The van der Waals surface area contributed by atoms with E-state index in [2.05, 4.69) is 0 Å². The van der Waals surface area contributed by atoms with Gasteiger partial charge >= 0.3 is 0 Å². The zero-order chi connectivity index (χ0) is 13.0. The first kappa shape index (κ1) is 12.7. The van der Waals surface area contributed by atoms with Crippen LogP contribution in [0.1, 0.15) is 17.2 Å². The quantitative estimate of drug-likeness (QED) is 0.777. The van der Waals surface area contributed by atoms with Crippen LogP contribution >= 0.6 is 11.6 Å². The average molecular weight is 265 g/mol. The molecule has 0 aliphatic heterocycles. The largest absolute Gasteiger partial charge is 0.497 e. The summed E-state index contributed by atoms with van der Waals surface area (Å²) in [6, 6.07) is 10.9. The number of hydrogen-bond donors (Lipinski definition) is 0. The standard InChI is InChI=1S/C14H13ClO3/c1-17-11-5-2-4-10(8-11)13(14(15)16)9-12-6-3-7-18-12/h2-8,13H,9H2,1H3. The Morgan fingerprint density at radius 3 is 2.83 bits per heavy atom. The highest BCUT2D eigenvalue weighted by Crippen LogP contribution is 2.26. The van der Waals surface area contributed by atoms with Gasteiger partial charge in [-0.2, -0.15) is 0 Å². The molecular formula is C14H13ClO3. The number of furan rings is 1. The highest BCUT2D eigenvalue weighted by Gasteiger charge is 2.21. The van der Waals surface area contributed by atoms with E-state index in [1.54, 1.807) is 19.4 Å². The van der Waals surface area contributed by atoms with Crippen molar-refractivity contribution in [3.05, 3.63) is 54.0 Å². The monoisotopic (exact) mass is 264 g/mol. The third-order valence-corrected chi connectivity index (χ3v) is 3.02. The summed E-state index contributed by atoms with van der Waals surface area (Å²) in [5.41, 5.74) is 0.825. The Morgan fingerprint density at radius 1 is 1.39 bits per heavy atom. The van der Waals surface area contributed by atoms with Gasteiger partial charge in [-0.15, -0.1) is 0 Å². The molecule has 2 rings (SSSR count). The van der Waals surface area contributed by atoms with Crippen LogP contribution in [0.4, 0.5) is 0 Å². The van der Waals surface area contributed by atoms with E-state index in [1.807, 2.05) is 30.3 Å². The van der Waals surface area contributed by atoms with E-state index in [-0.39, 0.29) is 0 Å². The van der Waals surface area contributed by atoms with E-state index in [0.29, 0.717) is 12.2 Å². The zero-order valence-corrected chi connectivity index (χ0v) is 10.7. The molecule has 0 saturated carbocycles.